The maximum atomic E-state index is 12.9. The molecule has 1 rings (SSSR count). The smallest absolute Gasteiger partial charge is 0.283 e. The molecule has 0 saturated heterocycles. The van der Waals surface area contributed by atoms with E-state index in [1.807, 2.05) is 0 Å². The topological polar surface area (TPSA) is 21.3 Å². The third-order valence-electron chi connectivity index (χ3n) is 1.78. The highest BCUT2D eigenvalue weighted by molar-refractivity contribution is 4.83. The summed E-state index contributed by atoms with van der Waals surface area (Å²) in [5, 5.41) is 2.77. The van der Waals surface area contributed by atoms with Crippen LogP contribution in [0.5, 0.6) is 0 Å². The number of hydrogen-bond donors (Lipinski definition) is 1. The molecule has 1 saturated carbocycles. The zero-order chi connectivity index (χ0) is 9.73. The van der Waals surface area contributed by atoms with Gasteiger partial charge in [-0.25, -0.2) is 8.78 Å². The average molecular weight is 191 g/mol. The molecule has 0 heterocycles. The van der Waals surface area contributed by atoms with Gasteiger partial charge in [0.15, 0.2) is 0 Å². The predicted molar refractivity (Wildman–Crippen MR) is 47.0 cm³/mol. The van der Waals surface area contributed by atoms with Crippen molar-refractivity contribution in [1.29, 1.82) is 0 Å². The van der Waals surface area contributed by atoms with Crippen molar-refractivity contribution in [3.8, 4) is 0 Å². The zero-order valence-corrected chi connectivity index (χ0v) is 7.56. The number of nitrogens with one attached hydrogen (secondary N) is 1. The third-order valence-corrected chi connectivity index (χ3v) is 1.78. The van der Waals surface area contributed by atoms with Gasteiger partial charge >= 0.3 is 0 Å². The lowest BCUT2D eigenvalue weighted by Crippen LogP contribution is -2.37. The summed E-state index contributed by atoms with van der Waals surface area (Å²) in [4.78, 5) is 0. The van der Waals surface area contributed by atoms with Crippen molar-refractivity contribution >= 4 is 0 Å². The van der Waals surface area contributed by atoms with Crippen LogP contribution in [0.1, 0.15) is 12.8 Å². The van der Waals surface area contributed by atoms with Crippen LogP contribution in [-0.2, 0) is 4.74 Å². The van der Waals surface area contributed by atoms with E-state index in [-0.39, 0.29) is 13.2 Å². The second-order valence-corrected chi connectivity index (χ2v) is 3.31. The lowest BCUT2D eigenvalue weighted by molar-refractivity contribution is -0.0692. The summed E-state index contributed by atoms with van der Waals surface area (Å²) in [5.41, 5.74) is 0. The summed E-state index contributed by atoms with van der Waals surface area (Å²) in [6.07, 6.45) is 3.50. The van der Waals surface area contributed by atoms with E-state index in [0.717, 1.165) is 12.8 Å². The fourth-order valence-electron chi connectivity index (χ4n) is 0.924. The van der Waals surface area contributed by atoms with Crippen LogP contribution in [0.15, 0.2) is 12.7 Å². The summed E-state index contributed by atoms with van der Waals surface area (Å²) >= 11 is 0. The minimum Gasteiger partial charge on any atom is -0.371 e. The molecule has 1 aliphatic carbocycles. The molecule has 1 fully saturated rings. The molecular formula is C9H15F2NO. The zero-order valence-electron chi connectivity index (χ0n) is 7.56. The van der Waals surface area contributed by atoms with Gasteiger partial charge in [0.1, 0.15) is 6.61 Å². The van der Waals surface area contributed by atoms with E-state index in [9.17, 15) is 8.78 Å². The minimum atomic E-state index is -2.76. The van der Waals surface area contributed by atoms with Crippen LogP contribution in [-0.4, -0.2) is 31.7 Å². The summed E-state index contributed by atoms with van der Waals surface area (Å²) in [7, 11) is 0. The Morgan fingerprint density at radius 1 is 1.54 bits per heavy atom. The van der Waals surface area contributed by atoms with Crippen molar-refractivity contribution in [2.75, 3.05) is 19.8 Å². The van der Waals surface area contributed by atoms with Crippen molar-refractivity contribution < 1.29 is 13.5 Å². The Hall–Kier alpha value is -0.480. The van der Waals surface area contributed by atoms with Crippen molar-refractivity contribution in [1.82, 2.24) is 5.32 Å². The molecule has 4 heteroatoms. The number of halogens is 2. The van der Waals surface area contributed by atoms with Crippen LogP contribution in [0.4, 0.5) is 8.78 Å². The number of rotatable bonds is 7. The first-order chi connectivity index (χ1) is 6.14. The maximum Gasteiger partial charge on any atom is 0.283 e. The predicted octanol–water partition coefficient (Wildman–Crippen LogP) is 1.58. The van der Waals surface area contributed by atoms with Gasteiger partial charge in [0.25, 0.3) is 5.92 Å². The summed E-state index contributed by atoms with van der Waals surface area (Å²) in [6, 6.07) is 0.310. The fourth-order valence-corrected chi connectivity index (χ4v) is 0.924. The van der Waals surface area contributed by atoms with Gasteiger partial charge in [-0.05, 0) is 12.8 Å². The maximum absolute atomic E-state index is 12.9. The fraction of sp³-hybridized carbons (Fsp3) is 0.778. The van der Waals surface area contributed by atoms with Gasteiger partial charge in [0.05, 0.1) is 13.2 Å². The van der Waals surface area contributed by atoms with Crippen LogP contribution in [0.3, 0.4) is 0 Å². The van der Waals surface area contributed by atoms with Gasteiger partial charge in [0, 0.05) is 6.04 Å². The minimum absolute atomic E-state index is 0.180. The molecule has 0 unspecified atom stereocenters. The normalized spacial score (nSPS) is 17.4. The monoisotopic (exact) mass is 191 g/mol. The molecular weight excluding hydrogens is 176 g/mol. The van der Waals surface area contributed by atoms with E-state index in [2.05, 4.69) is 11.9 Å². The van der Waals surface area contributed by atoms with E-state index in [0.29, 0.717) is 6.04 Å². The van der Waals surface area contributed by atoms with E-state index in [1.54, 1.807) is 0 Å². The molecule has 0 aromatic carbocycles. The molecule has 76 valence electrons. The lowest BCUT2D eigenvalue weighted by atomic mass is 10.3. The number of hydrogen-bond acceptors (Lipinski definition) is 2. The van der Waals surface area contributed by atoms with Gasteiger partial charge in [-0.15, -0.1) is 6.58 Å². The van der Waals surface area contributed by atoms with E-state index in [1.165, 1.54) is 6.08 Å². The van der Waals surface area contributed by atoms with E-state index >= 15 is 0 Å². The van der Waals surface area contributed by atoms with Crippen molar-refractivity contribution in [3.63, 3.8) is 0 Å². The first-order valence-corrected chi connectivity index (χ1v) is 4.44. The Balaban J connectivity index is 2.06. The van der Waals surface area contributed by atoms with Gasteiger partial charge < -0.3 is 10.1 Å². The standard InChI is InChI=1S/C9H15F2NO/c1-2-5-13-7-9(10,11)6-12-8-3-4-8/h2,8,12H,1,3-7H2. The van der Waals surface area contributed by atoms with Crippen LogP contribution in [0, 0.1) is 0 Å². The lowest BCUT2D eigenvalue weighted by Gasteiger charge is -2.16. The Morgan fingerprint density at radius 2 is 2.23 bits per heavy atom. The van der Waals surface area contributed by atoms with Gasteiger partial charge in [-0.3, -0.25) is 0 Å². The third kappa shape index (κ3) is 4.95. The Morgan fingerprint density at radius 3 is 2.77 bits per heavy atom. The first-order valence-electron chi connectivity index (χ1n) is 4.44. The quantitative estimate of drug-likeness (QED) is 0.487. The van der Waals surface area contributed by atoms with Gasteiger partial charge in [0.2, 0.25) is 0 Å². The molecule has 0 amide bonds. The Bertz CT molecular complexity index is 169. The van der Waals surface area contributed by atoms with E-state index < -0.39 is 12.5 Å². The molecule has 0 aromatic rings. The van der Waals surface area contributed by atoms with Crippen LogP contribution < -0.4 is 5.32 Å². The molecule has 0 spiro atoms. The molecule has 0 aromatic heterocycles. The van der Waals surface area contributed by atoms with Crippen molar-refractivity contribution in [2.24, 2.45) is 0 Å². The summed E-state index contributed by atoms with van der Waals surface area (Å²) in [6.45, 7) is 2.75. The van der Waals surface area contributed by atoms with Crippen LogP contribution in [0.2, 0.25) is 0 Å². The molecule has 0 aliphatic heterocycles. The molecule has 13 heavy (non-hydrogen) atoms. The van der Waals surface area contributed by atoms with Crippen molar-refractivity contribution in [3.05, 3.63) is 12.7 Å². The highest BCUT2D eigenvalue weighted by atomic mass is 19.3. The summed E-state index contributed by atoms with van der Waals surface area (Å²) in [5.74, 6) is -2.76. The molecule has 0 radical (unpaired) electrons. The SMILES string of the molecule is C=CCOCC(F)(F)CNC1CC1. The van der Waals surface area contributed by atoms with Crippen LogP contribution >= 0.6 is 0 Å². The summed E-state index contributed by atoms with van der Waals surface area (Å²) < 4.78 is 30.5. The molecule has 1 aliphatic rings. The average Bonchev–Trinajstić information content (AvgIpc) is 2.84. The molecule has 1 N–H and O–H groups in total. The first kappa shape index (κ1) is 10.6. The van der Waals surface area contributed by atoms with Crippen LogP contribution in [0.25, 0.3) is 0 Å². The molecule has 0 bridgehead atoms. The molecule has 0 atom stereocenters. The number of alkyl halides is 2. The molecule has 2 nitrogen and oxygen atoms in total. The Labute approximate surface area is 77.0 Å². The van der Waals surface area contributed by atoms with Gasteiger partial charge in [-0.1, -0.05) is 6.08 Å². The highest BCUT2D eigenvalue weighted by Gasteiger charge is 2.32. The number of ether oxygens (including phenoxy) is 1. The second kappa shape index (κ2) is 4.67. The Kier molecular flexibility index (Phi) is 3.81. The second-order valence-electron chi connectivity index (χ2n) is 3.31. The highest BCUT2D eigenvalue weighted by Crippen LogP contribution is 2.21. The largest absolute Gasteiger partial charge is 0.371 e. The van der Waals surface area contributed by atoms with E-state index in [4.69, 9.17) is 4.74 Å². The van der Waals surface area contributed by atoms with Gasteiger partial charge in [-0.2, -0.15) is 0 Å². The van der Waals surface area contributed by atoms with Crippen molar-refractivity contribution in [2.45, 2.75) is 24.8 Å².